The van der Waals surface area contributed by atoms with E-state index in [1.165, 1.54) is 45.3 Å². The standard InChI is InChI=1S/C10H18N2O/c13-10-11-6-3-1-2-4-7-12-8-5-9-12/h1-9H2. The van der Waals surface area contributed by atoms with Gasteiger partial charge in [-0.3, -0.25) is 0 Å². The van der Waals surface area contributed by atoms with Crippen LogP contribution in [0.4, 0.5) is 0 Å². The lowest BCUT2D eigenvalue weighted by Crippen LogP contribution is -2.37. The molecule has 0 bridgehead atoms. The molecule has 1 rings (SSSR count). The molecule has 13 heavy (non-hydrogen) atoms. The van der Waals surface area contributed by atoms with Crippen LogP contribution in [0.2, 0.25) is 0 Å². The number of hydrogen-bond acceptors (Lipinski definition) is 3. The lowest BCUT2D eigenvalue weighted by molar-refractivity contribution is 0.177. The van der Waals surface area contributed by atoms with E-state index in [0.717, 1.165) is 6.42 Å². The van der Waals surface area contributed by atoms with Crippen molar-refractivity contribution in [2.45, 2.75) is 32.1 Å². The average Bonchev–Trinajstić information content (AvgIpc) is 2.07. The van der Waals surface area contributed by atoms with Crippen LogP contribution in [0.5, 0.6) is 0 Å². The molecule has 0 aromatic carbocycles. The number of isocyanates is 1. The summed E-state index contributed by atoms with van der Waals surface area (Å²) in [6, 6.07) is 0. The molecular formula is C10H18N2O. The van der Waals surface area contributed by atoms with Gasteiger partial charge in [0.05, 0.1) is 6.54 Å². The minimum atomic E-state index is 0.660. The van der Waals surface area contributed by atoms with Crippen molar-refractivity contribution in [1.82, 2.24) is 4.90 Å². The number of unbranched alkanes of at least 4 members (excludes halogenated alkanes) is 3. The van der Waals surface area contributed by atoms with E-state index in [1.54, 1.807) is 6.08 Å². The molecule has 1 aliphatic rings. The fraction of sp³-hybridized carbons (Fsp3) is 0.900. The Bertz CT molecular complexity index is 172. The summed E-state index contributed by atoms with van der Waals surface area (Å²) < 4.78 is 0. The third-order valence-corrected chi connectivity index (χ3v) is 2.51. The Hall–Kier alpha value is -0.660. The minimum Gasteiger partial charge on any atom is -0.303 e. The molecule has 0 spiro atoms. The van der Waals surface area contributed by atoms with Gasteiger partial charge in [0.15, 0.2) is 0 Å². The molecule has 0 aliphatic carbocycles. The molecule has 3 nitrogen and oxygen atoms in total. The second kappa shape index (κ2) is 6.81. The van der Waals surface area contributed by atoms with Crippen LogP contribution in [0.1, 0.15) is 32.1 Å². The second-order valence-electron chi connectivity index (χ2n) is 3.58. The summed E-state index contributed by atoms with van der Waals surface area (Å²) in [5, 5.41) is 0. The van der Waals surface area contributed by atoms with Crippen LogP contribution < -0.4 is 0 Å². The lowest BCUT2D eigenvalue weighted by Gasteiger charge is -2.30. The summed E-state index contributed by atoms with van der Waals surface area (Å²) in [4.78, 5) is 15.7. The number of rotatable bonds is 7. The second-order valence-corrected chi connectivity index (χ2v) is 3.58. The topological polar surface area (TPSA) is 32.7 Å². The molecule has 1 saturated heterocycles. The Kier molecular flexibility index (Phi) is 5.46. The number of hydrogen-bond donors (Lipinski definition) is 0. The van der Waals surface area contributed by atoms with Gasteiger partial charge >= 0.3 is 0 Å². The zero-order chi connectivity index (χ0) is 9.36. The zero-order valence-corrected chi connectivity index (χ0v) is 8.17. The summed E-state index contributed by atoms with van der Waals surface area (Å²) in [6.45, 7) is 4.52. The molecule has 3 heteroatoms. The molecule has 0 aromatic heterocycles. The van der Waals surface area contributed by atoms with Gasteiger partial charge in [0.25, 0.3) is 0 Å². The molecule has 1 aliphatic heterocycles. The summed E-state index contributed by atoms with van der Waals surface area (Å²) in [7, 11) is 0. The van der Waals surface area contributed by atoms with E-state index >= 15 is 0 Å². The largest absolute Gasteiger partial charge is 0.303 e. The first kappa shape index (κ1) is 10.4. The fourth-order valence-corrected chi connectivity index (χ4v) is 1.53. The summed E-state index contributed by atoms with van der Waals surface area (Å²) in [5.74, 6) is 0. The minimum absolute atomic E-state index is 0.660. The van der Waals surface area contributed by atoms with Gasteiger partial charge in [-0.05, 0) is 38.9 Å². The van der Waals surface area contributed by atoms with Crippen molar-refractivity contribution >= 4 is 6.08 Å². The van der Waals surface area contributed by atoms with E-state index in [0.29, 0.717) is 6.54 Å². The molecule has 0 unspecified atom stereocenters. The molecule has 74 valence electrons. The first-order chi connectivity index (χ1) is 6.43. The van der Waals surface area contributed by atoms with Crippen molar-refractivity contribution in [2.75, 3.05) is 26.2 Å². The Morgan fingerprint density at radius 3 is 2.54 bits per heavy atom. The highest BCUT2D eigenvalue weighted by Gasteiger charge is 2.11. The molecule has 1 fully saturated rings. The van der Waals surface area contributed by atoms with Gasteiger partial charge in [-0.25, -0.2) is 9.79 Å². The van der Waals surface area contributed by atoms with Gasteiger partial charge in [0.2, 0.25) is 6.08 Å². The average molecular weight is 182 g/mol. The van der Waals surface area contributed by atoms with Gasteiger partial charge < -0.3 is 4.90 Å². The van der Waals surface area contributed by atoms with Crippen molar-refractivity contribution in [3.63, 3.8) is 0 Å². The molecule has 0 amide bonds. The van der Waals surface area contributed by atoms with E-state index in [-0.39, 0.29) is 0 Å². The predicted molar refractivity (Wildman–Crippen MR) is 52.5 cm³/mol. The first-order valence-corrected chi connectivity index (χ1v) is 5.19. The number of nitrogens with zero attached hydrogens (tertiary/aromatic N) is 2. The third kappa shape index (κ3) is 4.81. The smallest absolute Gasteiger partial charge is 0.234 e. The van der Waals surface area contributed by atoms with Crippen molar-refractivity contribution in [1.29, 1.82) is 0 Å². The number of likely N-dealkylation sites (tertiary alicyclic amines) is 1. The highest BCUT2D eigenvalue weighted by atomic mass is 16.1. The van der Waals surface area contributed by atoms with Gasteiger partial charge in [-0.1, -0.05) is 12.8 Å². The molecule has 0 radical (unpaired) electrons. The highest BCUT2D eigenvalue weighted by Crippen LogP contribution is 2.08. The van der Waals surface area contributed by atoms with Crippen LogP contribution in [-0.4, -0.2) is 37.2 Å². The Morgan fingerprint density at radius 1 is 1.15 bits per heavy atom. The lowest BCUT2D eigenvalue weighted by atomic mass is 10.1. The molecule has 1 heterocycles. The summed E-state index contributed by atoms with van der Waals surface area (Å²) >= 11 is 0. The van der Waals surface area contributed by atoms with Gasteiger partial charge in [0.1, 0.15) is 0 Å². The van der Waals surface area contributed by atoms with E-state index in [9.17, 15) is 4.79 Å². The Balaban J connectivity index is 1.75. The van der Waals surface area contributed by atoms with Crippen LogP contribution in [0.3, 0.4) is 0 Å². The van der Waals surface area contributed by atoms with Crippen LogP contribution in [0.15, 0.2) is 4.99 Å². The normalized spacial score (nSPS) is 16.3. The Labute approximate surface area is 79.8 Å². The molecule has 0 N–H and O–H groups in total. The van der Waals surface area contributed by atoms with E-state index in [4.69, 9.17) is 0 Å². The Morgan fingerprint density at radius 2 is 1.92 bits per heavy atom. The SMILES string of the molecule is O=C=NCCCCCCN1CCC1. The van der Waals surface area contributed by atoms with Crippen molar-refractivity contribution < 1.29 is 4.79 Å². The quantitative estimate of drug-likeness (QED) is 0.340. The van der Waals surface area contributed by atoms with Crippen LogP contribution in [-0.2, 0) is 4.79 Å². The number of aliphatic imine (C=N–C) groups is 1. The number of carbonyl (C=O) groups excluding carboxylic acids is 1. The zero-order valence-electron chi connectivity index (χ0n) is 8.17. The molecular weight excluding hydrogens is 164 g/mol. The van der Waals surface area contributed by atoms with Crippen LogP contribution in [0.25, 0.3) is 0 Å². The van der Waals surface area contributed by atoms with E-state index < -0.39 is 0 Å². The predicted octanol–water partition coefficient (Wildman–Crippen LogP) is 1.59. The van der Waals surface area contributed by atoms with Crippen LogP contribution >= 0.6 is 0 Å². The van der Waals surface area contributed by atoms with Gasteiger partial charge in [-0.15, -0.1) is 0 Å². The maximum Gasteiger partial charge on any atom is 0.234 e. The molecule has 0 saturated carbocycles. The molecule has 0 atom stereocenters. The molecule has 0 aromatic rings. The maximum atomic E-state index is 9.73. The van der Waals surface area contributed by atoms with Crippen LogP contribution in [0, 0.1) is 0 Å². The summed E-state index contributed by atoms with van der Waals surface area (Å²) in [6.07, 6.45) is 7.74. The maximum absolute atomic E-state index is 9.73. The van der Waals surface area contributed by atoms with E-state index in [2.05, 4.69) is 9.89 Å². The van der Waals surface area contributed by atoms with Crippen molar-refractivity contribution in [2.24, 2.45) is 4.99 Å². The van der Waals surface area contributed by atoms with Gasteiger partial charge in [0, 0.05) is 0 Å². The first-order valence-electron chi connectivity index (χ1n) is 5.19. The monoisotopic (exact) mass is 182 g/mol. The van der Waals surface area contributed by atoms with Gasteiger partial charge in [-0.2, -0.15) is 0 Å². The van der Waals surface area contributed by atoms with Crippen molar-refractivity contribution in [3.05, 3.63) is 0 Å². The van der Waals surface area contributed by atoms with E-state index in [1.807, 2.05) is 0 Å². The summed E-state index contributed by atoms with van der Waals surface area (Å²) in [5.41, 5.74) is 0. The highest BCUT2D eigenvalue weighted by molar-refractivity contribution is 5.32. The third-order valence-electron chi connectivity index (χ3n) is 2.51. The van der Waals surface area contributed by atoms with Crippen molar-refractivity contribution in [3.8, 4) is 0 Å². The fourth-order valence-electron chi connectivity index (χ4n) is 1.53.